The number of nitrogens with zero attached hydrogens (tertiary/aromatic N) is 1. The fourth-order valence-corrected chi connectivity index (χ4v) is 1.87. The molecule has 0 radical (unpaired) electrons. The van der Waals surface area contributed by atoms with Crippen LogP contribution < -0.4 is 4.74 Å². The molecule has 1 aromatic carbocycles. The average Bonchev–Trinajstić information content (AvgIpc) is 2.94. The van der Waals surface area contributed by atoms with Gasteiger partial charge in [0, 0.05) is 6.08 Å². The number of rotatable bonds is 6. The first-order chi connectivity index (χ1) is 10.5. The zero-order valence-corrected chi connectivity index (χ0v) is 11.7. The predicted molar refractivity (Wildman–Crippen MR) is 78.6 cm³/mol. The zero-order chi connectivity index (χ0) is 16.1. The summed E-state index contributed by atoms with van der Waals surface area (Å²) >= 11 is 0. The van der Waals surface area contributed by atoms with Gasteiger partial charge in [-0.2, -0.15) is 0 Å². The van der Waals surface area contributed by atoms with Crippen LogP contribution in [-0.4, -0.2) is 22.6 Å². The molecule has 0 aliphatic heterocycles. The highest BCUT2D eigenvalue weighted by Gasteiger charge is 2.19. The lowest BCUT2D eigenvalue weighted by molar-refractivity contribution is -0.384. The second-order valence-corrected chi connectivity index (χ2v) is 4.24. The minimum Gasteiger partial charge on any atom is -0.494 e. The summed E-state index contributed by atoms with van der Waals surface area (Å²) in [6, 6.07) is 7.56. The maximum atomic E-state index is 11.2. The Kier molecular flexibility index (Phi) is 4.57. The summed E-state index contributed by atoms with van der Waals surface area (Å²) in [4.78, 5) is 21.1. The third kappa shape index (κ3) is 3.51. The molecule has 0 saturated heterocycles. The van der Waals surface area contributed by atoms with Crippen LogP contribution in [0.2, 0.25) is 0 Å². The summed E-state index contributed by atoms with van der Waals surface area (Å²) in [7, 11) is 0. The van der Waals surface area contributed by atoms with E-state index >= 15 is 0 Å². The molecule has 2 rings (SSSR count). The molecule has 2 aromatic rings. The van der Waals surface area contributed by atoms with Gasteiger partial charge in [-0.3, -0.25) is 10.1 Å². The number of aliphatic carboxylic acids is 1. The molecule has 114 valence electrons. The van der Waals surface area contributed by atoms with E-state index in [0.717, 1.165) is 6.08 Å². The largest absolute Gasteiger partial charge is 0.494 e. The summed E-state index contributed by atoms with van der Waals surface area (Å²) in [5.41, 5.74) is 0.150. The summed E-state index contributed by atoms with van der Waals surface area (Å²) in [6.07, 6.45) is 2.20. The molecule has 1 heterocycles. The van der Waals surface area contributed by atoms with Gasteiger partial charge in [0.05, 0.1) is 23.2 Å². The molecule has 0 atom stereocenters. The van der Waals surface area contributed by atoms with Crippen molar-refractivity contribution in [1.82, 2.24) is 0 Å². The van der Waals surface area contributed by atoms with Crippen LogP contribution >= 0.6 is 0 Å². The minimum absolute atomic E-state index is 0.144. The third-order valence-corrected chi connectivity index (χ3v) is 2.76. The van der Waals surface area contributed by atoms with Crippen LogP contribution in [0.1, 0.15) is 12.7 Å². The minimum atomic E-state index is -1.11. The summed E-state index contributed by atoms with van der Waals surface area (Å²) in [6.45, 7) is 2.19. The number of nitro benzene ring substituents is 1. The number of carbonyl (C=O) groups is 1. The van der Waals surface area contributed by atoms with E-state index in [1.165, 1.54) is 24.3 Å². The lowest BCUT2D eigenvalue weighted by Crippen LogP contribution is -1.95. The normalized spacial score (nSPS) is 10.8. The zero-order valence-electron chi connectivity index (χ0n) is 11.7. The van der Waals surface area contributed by atoms with Gasteiger partial charge in [-0.1, -0.05) is 0 Å². The van der Waals surface area contributed by atoms with Crippen molar-refractivity contribution in [2.45, 2.75) is 6.92 Å². The van der Waals surface area contributed by atoms with Gasteiger partial charge < -0.3 is 14.3 Å². The van der Waals surface area contributed by atoms with Crippen molar-refractivity contribution < 1.29 is 24.0 Å². The van der Waals surface area contributed by atoms with Crippen molar-refractivity contribution in [1.29, 1.82) is 0 Å². The summed E-state index contributed by atoms with van der Waals surface area (Å²) in [5.74, 6) is -0.138. The smallest absolute Gasteiger partial charge is 0.328 e. The van der Waals surface area contributed by atoms with Crippen LogP contribution in [0.4, 0.5) is 5.69 Å². The first-order valence-corrected chi connectivity index (χ1v) is 6.43. The number of ether oxygens (including phenoxy) is 1. The lowest BCUT2D eigenvalue weighted by atomic mass is 10.1. The number of hydrogen-bond donors (Lipinski definition) is 1. The highest BCUT2D eigenvalue weighted by Crippen LogP contribution is 2.34. The molecule has 0 amide bonds. The summed E-state index contributed by atoms with van der Waals surface area (Å²) in [5, 5.41) is 19.8. The Bertz CT molecular complexity index is 731. The molecule has 7 nitrogen and oxygen atoms in total. The first-order valence-electron chi connectivity index (χ1n) is 6.43. The number of carboxylic acid groups (broad SMARTS) is 1. The van der Waals surface area contributed by atoms with E-state index in [-0.39, 0.29) is 11.4 Å². The van der Waals surface area contributed by atoms with Crippen LogP contribution in [0.25, 0.3) is 17.4 Å². The van der Waals surface area contributed by atoms with Gasteiger partial charge in [-0.15, -0.1) is 0 Å². The Morgan fingerprint density at radius 3 is 2.82 bits per heavy atom. The average molecular weight is 303 g/mol. The summed E-state index contributed by atoms with van der Waals surface area (Å²) < 4.78 is 10.7. The van der Waals surface area contributed by atoms with Crippen LogP contribution in [0.15, 0.2) is 40.8 Å². The van der Waals surface area contributed by atoms with E-state index in [4.69, 9.17) is 14.3 Å². The Morgan fingerprint density at radius 1 is 1.41 bits per heavy atom. The molecule has 22 heavy (non-hydrogen) atoms. The molecule has 0 bridgehead atoms. The predicted octanol–water partition coefficient (Wildman–Crippen LogP) is 3.35. The van der Waals surface area contributed by atoms with Gasteiger partial charge in [0.2, 0.25) is 0 Å². The number of nitro groups is 1. The Balaban J connectivity index is 2.39. The van der Waals surface area contributed by atoms with Gasteiger partial charge in [-0.05, 0) is 37.3 Å². The molecule has 0 unspecified atom stereocenters. The molecular weight excluding hydrogens is 290 g/mol. The topological polar surface area (TPSA) is 103 Å². The Hall–Kier alpha value is -3.09. The molecule has 0 aliphatic carbocycles. The van der Waals surface area contributed by atoms with Gasteiger partial charge in [0.25, 0.3) is 5.69 Å². The van der Waals surface area contributed by atoms with Crippen LogP contribution in [0.5, 0.6) is 5.75 Å². The lowest BCUT2D eigenvalue weighted by Gasteiger charge is -2.05. The van der Waals surface area contributed by atoms with E-state index in [2.05, 4.69) is 0 Å². The number of benzene rings is 1. The molecule has 0 aliphatic rings. The molecule has 1 aromatic heterocycles. The van der Waals surface area contributed by atoms with Crippen molar-refractivity contribution >= 4 is 17.7 Å². The Morgan fingerprint density at radius 2 is 2.18 bits per heavy atom. The molecule has 1 N–H and O–H groups in total. The molecule has 0 spiro atoms. The van der Waals surface area contributed by atoms with E-state index < -0.39 is 10.9 Å². The maximum Gasteiger partial charge on any atom is 0.328 e. The highest BCUT2D eigenvalue weighted by atomic mass is 16.6. The Labute approximate surface area is 125 Å². The van der Waals surface area contributed by atoms with Crippen molar-refractivity contribution in [3.8, 4) is 17.1 Å². The van der Waals surface area contributed by atoms with E-state index in [1.807, 2.05) is 0 Å². The quantitative estimate of drug-likeness (QED) is 0.498. The van der Waals surface area contributed by atoms with Gasteiger partial charge in [0.1, 0.15) is 17.3 Å². The number of hydrogen-bond acceptors (Lipinski definition) is 5. The molecular formula is C15H13NO6. The van der Waals surface area contributed by atoms with E-state index in [0.29, 0.717) is 23.7 Å². The molecule has 0 fully saturated rings. The number of carboxylic acids is 1. The maximum absolute atomic E-state index is 11.2. The number of furan rings is 1. The van der Waals surface area contributed by atoms with Crippen LogP contribution in [0.3, 0.4) is 0 Å². The van der Waals surface area contributed by atoms with Gasteiger partial charge >= 0.3 is 5.97 Å². The van der Waals surface area contributed by atoms with Crippen LogP contribution in [0, 0.1) is 10.1 Å². The van der Waals surface area contributed by atoms with E-state index in [9.17, 15) is 14.9 Å². The van der Waals surface area contributed by atoms with E-state index in [1.54, 1.807) is 19.1 Å². The van der Waals surface area contributed by atoms with Crippen molar-refractivity contribution in [2.75, 3.05) is 6.61 Å². The monoisotopic (exact) mass is 303 g/mol. The third-order valence-electron chi connectivity index (χ3n) is 2.76. The fraction of sp³-hybridized carbons (Fsp3) is 0.133. The van der Waals surface area contributed by atoms with Crippen LogP contribution in [-0.2, 0) is 4.79 Å². The van der Waals surface area contributed by atoms with Gasteiger partial charge in [-0.25, -0.2) is 4.79 Å². The molecule has 7 heteroatoms. The van der Waals surface area contributed by atoms with Crippen molar-refractivity contribution in [3.05, 3.63) is 52.3 Å². The highest BCUT2D eigenvalue weighted by molar-refractivity contribution is 5.85. The first kappa shape index (κ1) is 15.3. The standard InChI is InChI=1S/C15H13NO6/c1-2-21-11-3-6-12(13(9-11)16(19)20)14-7-4-10(22-14)5-8-15(17)18/h3-9H,2H2,1H3,(H,17,18)/b8-5+. The van der Waals surface area contributed by atoms with Crippen molar-refractivity contribution in [3.63, 3.8) is 0 Å². The second-order valence-electron chi connectivity index (χ2n) is 4.24. The molecule has 0 saturated carbocycles. The SMILES string of the molecule is CCOc1ccc(-c2ccc(/C=C/C(=O)O)o2)c([N+](=O)[O-])c1. The second kappa shape index (κ2) is 6.57. The fourth-order valence-electron chi connectivity index (χ4n) is 1.87. The van der Waals surface area contributed by atoms with Crippen molar-refractivity contribution in [2.24, 2.45) is 0 Å². The van der Waals surface area contributed by atoms with Gasteiger partial charge in [0.15, 0.2) is 0 Å².